The Morgan fingerprint density at radius 1 is 1.41 bits per heavy atom. The van der Waals surface area contributed by atoms with Crippen molar-refractivity contribution in [1.82, 2.24) is 5.06 Å². The van der Waals surface area contributed by atoms with Crippen LogP contribution >= 0.6 is 0 Å². The topological polar surface area (TPSA) is 70.0 Å². The van der Waals surface area contributed by atoms with Crippen molar-refractivity contribution in [1.29, 1.82) is 0 Å². The van der Waals surface area contributed by atoms with Gasteiger partial charge in [-0.2, -0.15) is 9.35 Å². The number of aryl methyl sites for hydroxylation is 1. The molecule has 6 heteroatoms. The summed E-state index contributed by atoms with van der Waals surface area (Å²) in [6.45, 7) is 1.68. The fraction of sp³-hybridized carbons (Fsp3) is 0.455. The summed E-state index contributed by atoms with van der Waals surface area (Å²) < 4.78 is 16.8. The minimum Gasteiger partial charge on any atom is -0.394 e. The van der Waals surface area contributed by atoms with E-state index in [4.69, 9.17) is 9.39 Å². The van der Waals surface area contributed by atoms with Crippen molar-refractivity contribution in [3.8, 4) is 0 Å². The van der Waals surface area contributed by atoms with Crippen molar-refractivity contribution in [2.45, 2.75) is 17.9 Å². The largest absolute Gasteiger partial charge is 0.394 e. The first-order valence-corrected chi connectivity index (χ1v) is 6.27. The third-order valence-corrected chi connectivity index (χ3v) is 3.13. The van der Waals surface area contributed by atoms with Crippen molar-refractivity contribution < 1.29 is 18.7 Å². The van der Waals surface area contributed by atoms with Crippen LogP contribution < -0.4 is 0 Å². The molecule has 0 aliphatic carbocycles. The second kappa shape index (κ2) is 6.83. The van der Waals surface area contributed by atoms with Crippen LogP contribution in [0, 0.1) is 6.92 Å². The Labute approximate surface area is 103 Å². The minimum atomic E-state index is -1.61. The van der Waals surface area contributed by atoms with Crippen LogP contribution in [0.1, 0.15) is 5.56 Å². The second-order valence-electron chi connectivity index (χ2n) is 3.77. The van der Waals surface area contributed by atoms with Crippen LogP contribution in [0.2, 0.25) is 0 Å². The average Bonchev–Trinajstić information content (AvgIpc) is 2.29. The number of hydroxylamine groups is 2. The molecule has 0 fully saturated rings. The van der Waals surface area contributed by atoms with E-state index in [9.17, 15) is 9.32 Å². The number of hydrogen-bond donors (Lipinski definition) is 2. The highest BCUT2D eigenvalue weighted by Gasteiger charge is 2.12. The van der Waals surface area contributed by atoms with Crippen LogP contribution in [-0.4, -0.2) is 45.8 Å². The van der Waals surface area contributed by atoms with Gasteiger partial charge in [0.25, 0.3) is 0 Å². The molecule has 0 aromatic heterocycles. The number of likely N-dealkylation sites (N-methyl/N-ethyl adjacent to an activating group) is 1. The fourth-order valence-electron chi connectivity index (χ4n) is 1.19. The average molecular weight is 259 g/mol. The van der Waals surface area contributed by atoms with E-state index in [-0.39, 0.29) is 13.2 Å². The predicted molar refractivity (Wildman–Crippen MR) is 64.4 cm³/mol. The van der Waals surface area contributed by atoms with Crippen molar-refractivity contribution in [3.63, 3.8) is 0 Å². The number of rotatable bonds is 6. The number of nitrogens with zero attached hydrogens (tertiary/aromatic N) is 1. The Balaban J connectivity index is 2.51. The van der Waals surface area contributed by atoms with Crippen LogP contribution in [0.3, 0.4) is 0 Å². The molecule has 0 aliphatic heterocycles. The van der Waals surface area contributed by atoms with Crippen molar-refractivity contribution in [2.24, 2.45) is 0 Å². The monoisotopic (exact) mass is 259 g/mol. The number of aliphatic hydroxyl groups is 2. The summed E-state index contributed by atoms with van der Waals surface area (Å²) in [5.41, 5.74) is 1.08. The Hall–Kier alpha value is -0.790. The molecular formula is C11H17NO4S. The summed E-state index contributed by atoms with van der Waals surface area (Å²) in [6, 6.07) is 7.14. The molecule has 2 atom stereocenters. The Kier molecular flexibility index (Phi) is 5.73. The maximum atomic E-state index is 11.7. The van der Waals surface area contributed by atoms with E-state index < -0.39 is 17.2 Å². The highest BCUT2D eigenvalue weighted by atomic mass is 32.2. The third kappa shape index (κ3) is 4.93. The summed E-state index contributed by atoms with van der Waals surface area (Å²) in [5, 5.41) is 19.1. The molecule has 0 bridgehead atoms. The lowest BCUT2D eigenvalue weighted by molar-refractivity contribution is -0.0594. The maximum absolute atomic E-state index is 11.7. The normalized spacial score (nSPS) is 14.9. The smallest absolute Gasteiger partial charge is 0.206 e. The van der Waals surface area contributed by atoms with Gasteiger partial charge in [0.2, 0.25) is 11.1 Å². The first-order valence-electron chi connectivity index (χ1n) is 5.20. The molecule has 96 valence electrons. The second-order valence-corrected chi connectivity index (χ2v) is 4.86. The van der Waals surface area contributed by atoms with Crippen LogP contribution in [0.15, 0.2) is 29.2 Å². The predicted octanol–water partition coefficient (Wildman–Crippen LogP) is 0.234. The molecule has 0 aliphatic rings. The van der Waals surface area contributed by atoms with Crippen molar-refractivity contribution >= 4 is 11.1 Å². The van der Waals surface area contributed by atoms with Gasteiger partial charge in [-0.1, -0.05) is 17.7 Å². The van der Waals surface area contributed by atoms with Crippen molar-refractivity contribution in [2.75, 3.05) is 20.2 Å². The minimum absolute atomic E-state index is 0.0914. The molecule has 2 unspecified atom stereocenters. The van der Waals surface area contributed by atoms with Gasteiger partial charge in [-0.05, 0) is 19.1 Å². The van der Waals surface area contributed by atoms with Gasteiger partial charge in [-0.25, -0.2) is 4.21 Å². The van der Waals surface area contributed by atoms with E-state index in [1.54, 1.807) is 19.2 Å². The highest BCUT2D eigenvalue weighted by molar-refractivity contribution is 7.80. The van der Waals surface area contributed by atoms with Crippen LogP contribution in [0.25, 0.3) is 0 Å². The first kappa shape index (κ1) is 14.3. The summed E-state index contributed by atoms with van der Waals surface area (Å²) in [5.74, 6) is 0. The Bertz CT molecular complexity index is 368. The summed E-state index contributed by atoms with van der Waals surface area (Å²) >= 11 is -1.61. The van der Waals surface area contributed by atoms with E-state index in [1.807, 2.05) is 19.1 Å². The molecule has 0 amide bonds. The van der Waals surface area contributed by atoms with E-state index >= 15 is 0 Å². The standard InChI is InChI=1S/C11H17NO4S/c1-9-3-5-11(6-4-9)17(15)16-12(2)7-10(14)8-13/h3-6,10,13-14H,7-8H2,1-2H3. The van der Waals surface area contributed by atoms with Gasteiger partial charge in [0.1, 0.15) is 0 Å². The van der Waals surface area contributed by atoms with Crippen LogP contribution in [0.4, 0.5) is 0 Å². The van der Waals surface area contributed by atoms with E-state index in [2.05, 4.69) is 0 Å². The molecule has 0 heterocycles. The zero-order valence-corrected chi connectivity index (χ0v) is 10.7. The lowest BCUT2D eigenvalue weighted by Crippen LogP contribution is -2.32. The summed E-state index contributed by atoms with van der Waals surface area (Å²) in [4.78, 5) is 0.556. The maximum Gasteiger partial charge on any atom is 0.206 e. The molecule has 1 aromatic carbocycles. The molecular weight excluding hydrogens is 242 g/mol. The molecule has 1 aromatic rings. The molecule has 0 saturated carbocycles. The van der Waals surface area contributed by atoms with Gasteiger partial charge in [-0.3, -0.25) is 0 Å². The van der Waals surface area contributed by atoms with Gasteiger partial charge < -0.3 is 10.2 Å². The van der Waals surface area contributed by atoms with Gasteiger partial charge in [0, 0.05) is 7.05 Å². The molecule has 2 N–H and O–H groups in total. The molecule has 5 nitrogen and oxygen atoms in total. The third-order valence-electron chi connectivity index (χ3n) is 2.09. The zero-order chi connectivity index (χ0) is 12.8. The fourth-order valence-corrected chi connectivity index (χ4v) is 1.93. The van der Waals surface area contributed by atoms with E-state index in [1.165, 1.54) is 5.06 Å². The number of benzene rings is 1. The van der Waals surface area contributed by atoms with Gasteiger partial charge in [0.05, 0.1) is 24.2 Å². The lowest BCUT2D eigenvalue weighted by atomic mass is 10.2. The molecule has 1 rings (SSSR count). The summed E-state index contributed by atoms with van der Waals surface area (Å²) in [6.07, 6.45) is -0.907. The number of aliphatic hydroxyl groups excluding tert-OH is 2. The van der Waals surface area contributed by atoms with E-state index in [0.29, 0.717) is 4.90 Å². The van der Waals surface area contributed by atoms with Crippen LogP contribution in [0.5, 0.6) is 0 Å². The van der Waals surface area contributed by atoms with Crippen molar-refractivity contribution in [3.05, 3.63) is 29.8 Å². The summed E-state index contributed by atoms with van der Waals surface area (Å²) in [7, 11) is 1.55. The SMILES string of the molecule is Cc1ccc(S(=O)ON(C)CC(O)CO)cc1. The van der Waals surface area contributed by atoms with E-state index in [0.717, 1.165) is 5.56 Å². The lowest BCUT2D eigenvalue weighted by Gasteiger charge is -2.17. The molecule has 0 spiro atoms. The first-order chi connectivity index (χ1) is 8.02. The van der Waals surface area contributed by atoms with Gasteiger partial charge in [-0.15, -0.1) is 0 Å². The Morgan fingerprint density at radius 2 is 2.00 bits per heavy atom. The molecule has 0 radical (unpaired) electrons. The van der Waals surface area contributed by atoms with Gasteiger partial charge in [0.15, 0.2) is 0 Å². The number of hydrogen-bond acceptors (Lipinski definition) is 5. The Morgan fingerprint density at radius 3 is 2.53 bits per heavy atom. The molecule has 0 saturated heterocycles. The highest BCUT2D eigenvalue weighted by Crippen LogP contribution is 2.10. The quantitative estimate of drug-likeness (QED) is 0.716. The van der Waals surface area contributed by atoms with Gasteiger partial charge >= 0.3 is 0 Å². The molecule has 17 heavy (non-hydrogen) atoms. The zero-order valence-electron chi connectivity index (χ0n) is 9.87. The van der Waals surface area contributed by atoms with Crippen LogP contribution in [-0.2, 0) is 15.4 Å².